The molecule has 1 heterocycles. The Morgan fingerprint density at radius 3 is 1.71 bits per heavy atom. The van der Waals surface area contributed by atoms with E-state index in [9.17, 15) is 0 Å². The van der Waals surface area contributed by atoms with Gasteiger partial charge >= 0.3 is 0 Å². The lowest BCUT2D eigenvalue weighted by atomic mass is 9.82. The second kappa shape index (κ2) is 4.13. The minimum Gasteiger partial charge on any atom is -0.193 e. The summed E-state index contributed by atoms with van der Waals surface area (Å²) < 4.78 is 0. The molecule has 2 aromatic rings. The summed E-state index contributed by atoms with van der Waals surface area (Å²) >= 11 is 0. The van der Waals surface area contributed by atoms with Crippen LogP contribution in [0, 0.1) is 0 Å². The third-order valence-corrected chi connectivity index (χ3v) is 3.32. The van der Waals surface area contributed by atoms with Gasteiger partial charge < -0.3 is 0 Å². The van der Waals surface area contributed by atoms with Crippen LogP contribution in [-0.2, 0) is 5.54 Å². The highest BCUT2D eigenvalue weighted by Crippen LogP contribution is 2.40. The van der Waals surface area contributed by atoms with Crippen LogP contribution in [0.25, 0.3) is 0 Å². The number of benzene rings is 2. The zero-order valence-electron chi connectivity index (χ0n) is 9.58. The number of hydrogen-bond acceptors (Lipinski definition) is 2. The molecule has 0 bridgehead atoms. The molecule has 0 aliphatic carbocycles. The predicted molar refractivity (Wildman–Crippen MR) is 68.0 cm³/mol. The maximum atomic E-state index is 4.53. The van der Waals surface area contributed by atoms with Crippen LogP contribution in [0.2, 0.25) is 0 Å². The zero-order chi connectivity index (χ0) is 11.6. The van der Waals surface area contributed by atoms with Gasteiger partial charge in [0.25, 0.3) is 0 Å². The van der Waals surface area contributed by atoms with Crippen LogP contribution in [0.15, 0.2) is 70.9 Å². The average molecular weight is 222 g/mol. The fraction of sp³-hybridized carbons (Fsp3) is 0.200. The minimum absolute atomic E-state index is 0.261. The van der Waals surface area contributed by atoms with Crippen molar-refractivity contribution in [2.75, 3.05) is 6.54 Å². The molecule has 0 saturated carbocycles. The molecular weight excluding hydrogens is 208 g/mol. The highest BCUT2D eigenvalue weighted by atomic mass is 15.2. The van der Waals surface area contributed by atoms with E-state index in [0.717, 1.165) is 13.0 Å². The van der Waals surface area contributed by atoms with Gasteiger partial charge in [0.05, 0.1) is 6.54 Å². The molecule has 0 fully saturated rings. The molecule has 2 aromatic carbocycles. The number of rotatable bonds is 2. The first-order chi connectivity index (χ1) is 8.42. The van der Waals surface area contributed by atoms with E-state index in [0.29, 0.717) is 0 Å². The maximum Gasteiger partial charge on any atom is 0.133 e. The van der Waals surface area contributed by atoms with Crippen molar-refractivity contribution in [3.8, 4) is 0 Å². The molecule has 0 aromatic heterocycles. The summed E-state index contributed by atoms with van der Waals surface area (Å²) in [5.74, 6) is 0. The molecule has 1 aliphatic heterocycles. The van der Waals surface area contributed by atoms with Gasteiger partial charge in [0.15, 0.2) is 0 Å². The zero-order valence-corrected chi connectivity index (χ0v) is 9.58. The second-order valence-corrected chi connectivity index (χ2v) is 4.31. The monoisotopic (exact) mass is 222 g/mol. The summed E-state index contributed by atoms with van der Waals surface area (Å²) in [5, 5.41) is 8.75. The maximum absolute atomic E-state index is 4.53. The lowest BCUT2D eigenvalue weighted by Crippen LogP contribution is -2.22. The van der Waals surface area contributed by atoms with Crippen molar-refractivity contribution < 1.29 is 0 Å². The molecule has 2 nitrogen and oxygen atoms in total. The van der Waals surface area contributed by atoms with Crippen LogP contribution < -0.4 is 0 Å². The van der Waals surface area contributed by atoms with Gasteiger partial charge in [-0.3, -0.25) is 0 Å². The van der Waals surface area contributed by atoms with Gasteiger partial charge in [-0.25, -0.2) is 0 Å². The Bertz CT molecular complexity index is 478. The Hall–Kier alpha value is -1.96. The van der Waals surface area contributed by atoms with Gasteiger partial charge in [-0.05, 0) is 11.1 Å². The van der Waals surface area contributed by atoms with E-state index in [-0.39, 0.29) is 5.54 Å². The molecule has 0 N–H and O–H groups in total. The van der Waals surface area contributed by atoms with E-state index in [1.807, 2.05) is 12.1 Å². The van der Waals surface area contributed by atoms with Crippen LogP contribution in [0.1, 0.15) is 17.5 Å². The first-order valence-corrected chi connectivity index (χ1v) is 5.91. The first-order valence-electron chi connectivity index (χ1n) is 5.91. The average Bonchev–Trinajstić information content (AvgIpc) is 2.91. The Kier molecular flexibility index (Phi) is 2.48. The summed E-state index contributed by atoms with van der Waals surface area (Å²) in [6.07, 6.45) is 0.959. The molecule has 0 saturated heterocycles. The molecule has 0 radical (unpaired) electrons. The van der Waals surface area contributed by atoms with Crippen LogP contribution in [0.5, 0.6) is 0 Å². The van der Waals surface area contributed by atoms with Gasteiger partial charge in [0.2, 0.25) is 0 Å². The molecule has 84 valence electrons. The third kappa shape index (κ3) is 1.66. The smallest absolute Gasteiger partial charge is 0.133 e. The Labute approximate surface area is 101 Å². The standard InChI is InChI=1S/C15H14N2/c1-3-7-13(8-4-1)15(11-12-16-17-15)14-9-5-2-6-10-14/h1-10H,11-12H2. The molecular formula is C15H14N2. The van der Waals surface area contributed by atoms with Gasteiger partial charge in [0.1, 0.15) is 5.54 Å². The predicted octanol–water partition coefficient (Wildman–Crippen LogP) is 3.79. The molecule has 2 heteroatoms. The van der Waals surface area contributed by atoms with Gasteiger partial charge in [-0.15, -0.1) is 0 Å². The number of nitrogens with zero attached hydrogens (tertiary/aromatic N) is 2. The van der Waals surface area contributed by atoms with Crippen molar-refractivity contribution >= 4 is 0 Å². The molecule has 0 unspecified atom stereocenters. The molecule has 3 rings (SSSR count). The Balaban J connectivity index is 2.15. The fourth-order valence-corrected chi connectivity index (χ4v) is 2.43. The highest BCUT2D eigenvalue weighted by Gasteiger charge is 2.36. The van der Waals surface area contributed by atoms with E-state index in [1.54, 1.807) is 0 Å². The quantitative estimate of drug-likeness (QED) is 0.738. The van der Waals surface area contributed by atoms with E-state index >= 15 is 0 Å². The Morgan fingerprint density at radius 2 is 1.29 bits per heavy atom. The molecule has 17 heavy (non-hydrogen) atoms. The summed E-state index contributed by atoms with van der Waals surface area (Å²) in [6.45, 7) is 0.809. The van der Waals surface area contributed by atoms with Gasteiger partial charge in [-0.1, -0.05) is 60.7 Å². The van der Waals surface area contributed by atoms with E-state index in [4.69, 9.17) is 0 Å². The lowest BCUT2D eigenvalue weighted by molar-refractivity contribution is 0.550. The number of azo groups is 1. The van der Waals surface area contributed by atoms with Crippen LogP contribution >= 0.6 is 0 Å². The third-order valence-electron chi connectivity index (χ3n) is 3.32. The van der Waals surface area contributed by atoms with Crippen molar-refractivity contribution in [3.63, 3.8) is 0 Å². The molecule has 1 aliphatic rings. The van der Waals surface area contributed by atoms with Crippen LogP contribution in [0.3, 0.4) is 0 Å². The van der Waals surface area contributed by atoms with Crippen molar-refractivity contribution in [2.24, 2.45) is 10.2 Å². The normalized spacial score (nSPS) is 17.2. The van der Waals surface area contributed by atoms with Crippen LogP contribution in [0.4, 0.5) is 0 Å². The van der Waals surface area contributed by atoms with Crippen LogP contribution in [-0.4, -0.2) is 6.54 Å². The topological polar surface area (TPSA) is 24.7 Å². The summed E-state index contributed by atoms with van der Waals surface area (Å²) in [6, 6.07) is 20.9. The van der Waals surface area contributed by atoms with Gasteiger partial charge in [0, 0.05) is 6.42 Å². The minimum atomic E-state index is -0.261. The fourth-order valence-electron chi connectivity index (χ4n) is 2.43. The highest BCUT2D eigenvalue weighted by molar-refractivity contribution is 5.39. The van der Waals surface area contributed by atoms with E-state index in [2.05, 4.69) is 58.8 Å². The summed E-state index contributed by atoms with van der Waals surface area (Å²) in [4.78, 5) is 0. The van der Waals surface area contributed by atoms with E-state index in [1.165, 1.54) is 11.1 Å². The second-order valence-electron chi connectivity index (χ2n) is 4.31. The van der Waals surface area contributed by atoms with E-state index < -0.39 is 0 Å². The first kappa shape index (κ1) is 10.2. The SMILES string of the molecule is c1ccc(C2(c3ccccc3)CCN=N2)cc1. The van der Waals surface area contributed by atoms with Gasteiger partial charge in [-0.2, -0.15) is 10.2 Å². The van der Waals surface area contributed by atoms with Crippen molar-refractivity contribution in [3.05, 3.63) is 71.8 Å². The van der Waals surface area contributed by atoms with Crippen molar-refractivity contribution in [1.29, 1.82) is 0 Å². The molecule has 0 atom stereocenters. The lowest BCUT2D eigenvalue weighted by Gasteiger charge is -2.25. The summed E-state index contributed by atoms with van der Waals surface area (Å²) in [7, 11) is 0. The molecule has 0 amide bonds. The van der Waals surface area contributed by atoms with Crippen molar-refractivity contribution in [1.82, 2.24) is 0 Å². The number of hydrogen-bond donors (Lipinski definition) is 0. The van der Waals surface area contributed by atoms with Crippen molar-refractivity contribution in [2.45, 2.75) is 12.0 Å². The molecule has 0 spiro atoms. The largest absolute Gasteiger partial charge is 0.193 e. The Morgan fingerprint density at radius 1 is 0.765 bits per heavy atom. The summed E-state index contributed by atoms with van der Waals surface area (Å²) in [5.41, 5.74) is 2.20.